The Balaban J connectivity index is 2.03. The van der Waals surface area contributed by atoms with Crippen LogP contribution in [0.3, 0.4) is 0 Å². The highest BCUT2D eigenvalue weighted by molar-refractivity contribution is 6.31. The van der Waals surface area contributed by atoms with Crippen molar-refractivity contribution in [3.05, 3.63) is 64.7 Å². The Kier molecular flexibility index (Phi) is 5.37. The molecule has 3 rings (SSSR count). The fraction of sp³-hybridized carbons (Fsp3) is 0.300. The lowest BCUT2D eigenvalue weighted by Crippen LogP contribution is -2.50. The van der Waals surface area contributed by atoms with Gasteiger partial charge in [-0.1, -0.05) is 36.7 Å². The summed E-state index contributed by atoms with van der Waals surface area (Å²) in [6.07, 6.45) is -0.401. The van der Waals surface area contributed by atoms with Gasteiger partial charge < -0.3 is 10.5 Å². The SMILES string of the molecule is CC1OC(NC(=O)c2ccccc2)=N[C@@](CF)(c2cc(N)ccc2Cl)[C@@H]1C. The molecule has 0 bridgehead atoms. The maximum Gasteiger partial charge on any atom is 0.292 e. The number of ether oxygens (including phenoxy) is 1. The van der Waals surface area contributed by atoms with E-state index in [1.54, 1.807) is 49.4 Å². The Morgan fingerprint density at radius 1 is 1.30 bits per heavy atom. The van der Waals surface area contributed by atoms with E-state index in [1.165, 1.54) is 0 Å². The topological polar surface area (TPSA) is 76.7 Å². The van der Waals surface area contributed by atoms with Crippen LogP contribution in [0.4, 0.5) is 10.1 Å². The van der Waals surface area contributed by atoms with Crippen molar-refractivity contribution in [2.45, 2.75) is 25.5 Å². The lowest BCUT2D eigenvalue weighted by atomic mass is 9.77. The second-order valence-corrected chi connectivity index (χ2v) is 7.05. The van der Waals surface area contributed by atoms with Gasteiger partial charge in [0.25, 0.3) is 11.9 Å². The zero-order chi connectivity index (χ0) is 19.6. The van der Waals surface area contributed by atoms with Crippen molar-refractivity contribution in [3.8, 4) is 0 Å². The van der Waals surface area contributed by atoms with E-state index in [0.717, 1.165) is 0 Å². The van der Waals surface area contributed by atoms with E-state index in [0.29, 0.717) is 21.8 Å². The van der Waals surface area contributed by atoms with Gasteiger partial charge in [-0.25, -0.2) is 9.38 Å². The molecule has 1 amide bonds. The van der Waals surface area contributed by atoms with Crippen molar-refractivity contribution < 1.29 is 13.9 Å². The summed E-state index contributed by atoms with van der Waals surface area (Å²) < 4.78 is 20.1. The summed E-state index contributed by atoms with van der Waals surface area (Å²) in [5.74, 6) is -0.721. The van der Waals surface area contributed by atoms with Crippen molar-refractivity contribution in [3.63, 3.8) is 0 Å². The van der Waals surface area contributed by atoms with Gasteiger partial charge >= 0.3 is 0 Å². The van der Waals surface area contributed by atoms with Gasteiger partial charge in [0.1, 0.15) is 18.3 Å². The first-order valence-electron chi connectivity index (χ1n) is 8.62. The highest BCUT2D eigenvalue weighted by Gasteiger charge is 2.47. The number of aliphatic imine (C=N–C) groups is 1. The Morgan fingerprint density at radius 2 is 2.00 bits per heavy atom. The first-order valence-corrected chi connectivity index (χ1v) is 8.99. The summed E-state index contributed by atoms with van der Waals surface area (Å²) in [6, 6.07) is 13.5. The number of rotatable bonds is 3. The van der Waals surface area contributed by atoms with Crippen molar-refractivity contribution >= 4 is 29.2 Å². The van der Waals surface area contributed by atoms with Crippen LogP contribution in [-0.2, 0) is 10.3 Å². The van der Waals surface area contributed by atoms with Crippen molar-refractivity contribution in [2.24, 2.45) is 10.9 Å². The molecule has 0 aliphatic carbocycles. The van der Waals surface area contributed by atoms with Crippen molar-refractivity contribution in [1.29, 1.82) is 0 Å². The number of nitrogens with one attached hydrogen (secondary N) is 1. The van der Waals surface area contributed by atoms with Crippen molar-refractivity contribution in [2.75, 3.05) is 12.4 Å². The highest BCUT2D eigenvalue weighted by Crippen LogP contribution is 2.43. The zero-order valence-electron chi connectivity index (χ0n) is 15.1. The van der Waals surface area contributed by atoms with Crippen LogP contribution in [0.2, 0.25) is 5.02 Å². The van der Waals surface area contributed by atoms with E-state index >= 15 is 0 Å². The molecule has 0 spiro atoms. The third-order valence-corrected chi connectivity index (χ3v) is 5.30. The van der Waals surface area contributed by atoms with E-state index in [2.05, 4.69) is 10.3 Å². The average Bonchev–Trinajstić information content (AvgIpc) is 2.67. The molecule has 0 saturated carbocycles. The maximum absolute atomic E-state index is 14.4. The first kappa shape index (κ1) is 19.2. The normalized spacial score (nSPS) is 24.7. The van der Waals surface area contributed by atoms with Crippen molar-refractivity contribution in [1.82, 2.24) is 5.32 Å². The van der Waals surface area contributed by atoms with E-state index in [-0.39, 0.29) is 17.8 Å². The first-order chi connectivity index (χ1) is 12.9. The number of nitrogen functional groups attached to an aromatic ring is 1. The molecule has 1 heterocycles. The minimum Gasteiger partial charge on any atom is -0.462 e. The molecule has 1 aliphatic heterocycles. The Labute approximate surface area is 162 Å². The molecule has 0 saturated heterocycles. The van der Waals surface area contributed by atoms with Crippen LogP contribution in [-0.4, -0.2) is 24.7 Å². The van der Waals surface area contributed by atoms with Crippen LogP contribution in [0, 0.1) is 5.92 Å². The number of hydrogen-bond acceptors (Lipinski definition) is 4. The molecule has 27 heavy (non-hydrogen) atoms. The second-order valence-electron chi connectivity index (χ2n) is 6.65. The number of carbonyl (C=O) groups is 1. The minimum absolute atomic E-state index is 0.0365. The minimum atomic E-state index is -1.30. The molecule has 2 aromatic carbocycles. The number of alkyl halides is 1. The lowest BCUT2D eigenvalue weighted by molar-refractivity contribution is 0.0466. The van der Waals surface area contributed by atoms with E-state index in [1.807, 2.05) is 13.0 Å². The fourth-order valence-corrected chi connectivity index (χ4v) is 3.48. The Morgan fingerprint density at radius 3 is 2.67 bits per heavy atom. The third-order valence-electron chi connectivity index (χ3n) is 4.97. The molecular formula is C20H21ClFN3O2. The number of nitrogens with zero attached hydrogens (tertiary/aromatic N) is 1. The number of benzene rings is 2. The molecule has 7 heteroatoms. The van der Waals surface area contributed by atoms with Gasteiger partial charge in [-0.15, -0.1) is 0 Å². The van der Waals surface area contributed by atoms with Crippen LogP contribution in [0.25, 0.3) is 0 Å². The van der Waals surface area contributed by atoms with Gasteiger partial charge in [0.05, 0.1) is 0 Å². The van der Waals surface area contributed by atoms with Gasteiger partial charge in [-0.3, -0.25) is 10.1 Å². The Hall–Kier alpha value is -2.60. The molecule has 3 N–H and O–H groups in total. The third kappa shape index (κ3) is 3.62. The molecule has 2 aromatic rings. The van der Waals surface area contributed by atoms with Gasteiger partial charge in [-0.05, 0) is 37.3 Å². The summed E-state index contributed by atoms with van der Waals surface area (Å²) >= 11 is 6.34. The standard InChI is InChI=1S/C20H21ClFN3O2/c1-12-13(2)27-19(24-18(26)14-6-4-3-5-7-14)25-20(12,11-22)16-10-15(23)8-9-17(16)21/h3-10,12-13H,11,23H2,1-2H3,(H,24,25,26)/t12-,13?,20-/m1/s1. The van der Waals surface area contributed by atoms with Crippen LogP contribution >= 0.6 is 11.6 Å². The molecule has 0 fully saturated rings. The molecule has 0 radical (unpaired) electrons. The summed E-state index contributed by atoms with van der Waals surface area (Å²) in [5.41, 5.74) is 5.96. The number of anilines is 1. The van der Waals surface area contributed by atoms with Gasteiger partial charge in [0.2, 0.25) is 0 Å². The smallest absolute Gasteiger partial charge is 0.292 e. The van der Waals surface area contributed by atoms with Crippen LogP contribution in [0.5, 0.6) is 0 Å². The average molecular weight is 390 g/mol. The zero-order valence-corrected chi connectivity index (χ0v) is 15.8. The summed E-state index contributed by atoms with van der Waals surface area (Å²) in [6.45, 7) is 2.83. The van der Waals surface area contributed by atoms with E-state index < -0.39 is 18.3 Å². The molecule has 1 unspecified atom stereocenters. The molecule has 0 aromatic heterocycles. The summed E-state index contributed by atoms with van der Waals surface area (Å²) in [5, 5.41) is 2.99. The lowest BCUT2D eigenvalue weighted by Gasteiger charge is -2.41. The summed E-state index contributed by atoms with van der Waals surface area (Å²) in [4.78, 5) is 16.9. The molecular weight excluding hydrogens is 369 g/mol. The molecule has 1 aliphatic rings. The molecule has 142 valence electrons. The monoisotopic (exact) mass is 389 g/mol. The largest absolute Gasteiger partial charge is 0.462 e. The summed E-state index contributed by atoms with van der Waals surface area (Å²) in [7, 11) is 0. The highest BCUT2D eigenvalue weighted by atomic mass is 35.5. The molecule has 5 nitrogen and oxygen atoms in total. The van der Waals surface area contributed by atoms with Gasteiger partial charge in [-0.2, -0.15) is 0 Å². The fourth-order valence-electron chi connectivity index (χ4n) is 3.20. The number of amides is 1. The van der Waals surface area contributed by atoms with Crippen LogP contribution in [0.1, 0.15) is 29.8 Å². The predicted octanol–water partition coefficient (Wildman–Crippen LogP) is 3.93. The van der Waals surface area contributed by atoms with E-state index in [9.17, 15) is 9.18 Å². The molecule has 3 atom stereocenters. The number of amidine groups is 1. The number of carbonyl (C=O) groups excluding carboxylic acids is 1. The van der Waals surface area contributed by atoms with Gasteiger partial charge in [0.15, 0.2) is 0 Å². The predicted molar refractivity (Wildman–Crippen MR) is 105 cm³/mol. The van der Waals surface area contributed by atoms with Crippen LogP contribution in [0.15, 0.2) is 53.5 Å². The van der Waals surface area contributed by atoms with E-state index in [4.69, 9.17) is 22.1 Å². The maximum atomic E-state index is 14.4. The quantitative estimate of drug-likeness (QED) is 0.781. The Bertz CT molecular complexity index is 875. The van der Waals surface area contributed by atoms with Gasteiger partial charge in [0, 0.05) is 27.8 Å². The van der Waals surface area contributed by atoms with Crippen LogP contribution < -0.4 is 11.1 Å². The number of hydrogen-bond donors (Lipinski definition) is 2. The number of nitrogens with two attached hydrogens (primary N) is 1. The number of halogens is 2. The second kappa shape index (κ2) is 7.56.